The second-order valence-corrected chi connectivity index (χ2v) is 9.74. The summed E-state index contributed by atoms with van der Waals surface area (Å²) in [5.74, 6) is 1.25. The van der Waals surface area contributed by atoms with Crippen molar-refractivity contribution < 1.29 is 5.11 Å². The summed E-state index contributed by atoms with van der Waals surface area (Å²) in [4.78, 5) is 2.52. The fourth-order valence-corrected chi connectivity index (χ4v) is 6.03. The summed E-state index contributed by atoms with van der Waals surface area (Å²) in [5.41, 5.74) is 7.50. The van der Waals surface area contributed by atoms with E-state index in [1.165, 1.54) is 54.1 Å². The molecular formula is C27H30N2O. The fraction of sp³-hybridized carbons (Fsp3) is 0.407. The largest absolute Gasteiger partial charge is 0.508 e. The number of phenols is 1. The highest BCUT2D eigenvalue weighted by molar-refractivity contribution is 5.54. The van der Waals surface area contributed by atoms with E-state index in [2.05, 4.69) is 58.8 Å². The van der Waals surface area contributed by atoms with Crippen molar-refractivity contribution in [3.05, 3.63) is 83.0 Å². The predicted molar refractivity (Wildman–Crippen MR) is 122 cm³/mol. The quantitative estimate of drug-likeness (QED) is 0.782. The van der Waals surface area contributed by atoms with E-state index in [4.69, 9.17) is 0 Å². The van der Waals surface area contributed by atoms with E-state index in [0.29, 0.717) is 23.0 Å². The number of fused-ring (bicyclic) bond motifs is 1. The van der Waals surface area contributed by atoms with Gasteiger partial charge in [0.05, 0.1) is 0 Å². The molecule has 2 fully saturated rings. The monoisotopic (exact) mass is 398 g/mol. The van der Waals surface area contributed by atoms with Crippen LogP contribution in [0.4, 0.5) is 5.69 Å². The van der Waals surface area contributed by atoms with Crippen LogP contribution in [-0.4, -0.2) is 31.3 Å². The average molecular weight is 399 g/mol. The van der Waals surface area contributed by atoms with Crippen molar-refractivity contribution in [2.45, 2.75) is 31.6 Å². The van der Waals surface area contributed by atoms with Crippen LogP contribution >= 0.6 is 0 Å². The Kier molecular flexibility index (Phi) is 4.28. The lowest BCUT2D eigenvalue weighted by Gasteiger charge is -2.57. The smallest absolute Gasteiger partial charge is 0.115 e. The molecular weight excluding hydrogens is 368 g/mol. The fourth-order valence-electron chi connectivity index (χ4n) is 6.03. The predicted octanol–water partition coefficient (Wildman–Crippen LogP) is 4.77. The van der Waals surface area contributed by atoms with Gasteiger partial charge >= 0.3 is 0 Å². The van der Waals surface area contributed by atoms with Gasteiger partial charge in [0.15, 0.2) is 0 Å². The molecule has 2 unspecified atom stereocenters. The van der Waals surface area contributed by atoms with Gasteiger partial charge in [-0.05, 0) is 78.1 Å². The van der Waals surface area contributed by atoms with Gasteiger partial charge < -0.3 is 15.3 Å². The molecule has 2 atom stereocenters. The number of hydrogen-bond donors (Lipinski definition) is 2. The summed E-state index contributed by atoms with van der Waals surface area (Å²) in [6, 6.07) is 15.4. The molecule has 0 radical (unpaired) electrons. The molecule has 3 heteroatoms. The first kappa shape index (κ1) is 18.3. The van der Waals surface area contributed by atoms with Crippen LogP contribution in [0.25, 0.3) is 0 Å². The maximum atomic E-state index is 10.0. The standard InChI is InChI=1S/C27H30N2O/c30-23-11-13-25-21(14-23)8-12-24(19-4-2-1-3-5-19)26(25)20-6-9-22(10-7-20)29-17-27(18-29)15-28-16-27/h2,4-7,9-11,13-14,24,26,28,30H,1,3,8,12,15-18H2. The number of rotatable bonds is 3. The van der Waals surface area contributed by atoms with E-state index in [9.17, 15) is 5.11 Å². The topological polar surface area (TPSA) is 35.5 Å². The SMILES string of the molecule is Oc1ccc2c(c1)CCC(C1=CCCC=C1)C2c1ccc(N2CC3(CNC3)C2)cc1. The lowest BCUT2D eigenvalue weighted by molar-refractivity contribution is 0.121. The van der Waals surface area contributed by atoms with Crippen LogP contribution in [0.2, 0.25) is 0 Å². The Hall–Kier alpha value is -2.52. The van der Waals surface area contributed by atoms with Crippen molar-refractivity contribution in [3.63, 3.8) is 0 Å². The zero-order valence-electron chi connectivity index (χ0n) is 17.5. The van der Waals surface area contributed by atoms with Crippen molar-refractivity contribution in [1.82, 2.24) is 5.32 Å². The molecule has 0 saturated carbocycles. The third-order valence-electron chi connectivity index (χ3n) is 7.71. The normalized spacial score (nSPS) is 26.5. The summed E-state index contributed by atoms with van der Waals surface area (Å²) >= 11 is 0. The van der Waals surface area contributed by atoms with Crippen LogP contribution in [0.1, 0.15) is 41.9 Å². The van der Waals surface area contributed by atoms with Crippen LogP contribution in [0.3, 0.4) is 0 Å². The van der Waals surface area contributed by atoms with Crippen molar-refractivity contribution in [3.8, 4) is 5.75 Å². The molecule has 6 rings (SSSR count). The van der Waals surface area contributed by atoms with Crippen LogP contribution in [0.15, 0.2) is 66.3 Å². The minimum absolute atomic E-state index is 0.357. The molecule has 0 aromatic heterocycles. The van der Waals surface area contributed by atoms with Gasteiger partial charge in [0, 0.05) is 43.2 Å². The van der Waals surface area contributed by atoms with E-state index in [1.807, 2.05) is 12.1 Å². The van der Waals surface area contributed by atoms with Gasteiger partial charge in [-0.25, -0.2) is 0 Å². The van der Waals surface area contributed by atoms with Crippen LogP contribution in [0.5, 0.6) is 5.75 Å². The molecule has 2 saturated heterocycles. The molecule has 1 spiro atoms. The highest BCUT2D eigenvalue weighted by atomic mass is 16.3. The molecule has 2 N–H and O–H groups in total. The number of anilines is 1. The van der Waals surface area contributed by atoms with Crippen LogP contribution in [-0.2, 0) is 6.42 Å². The van der Waals surface area contributed by atoms with Gasteiger partial charge in [-0.3, -0.25) is 0 Å². The minimum Gasteiger partial charge on any atom is -0.508 e. The number of nitrogens with zero attached hydrogens (tertiary/aromatic N) is 1. The molecule has 2 aliphatic carbocycles. The Balaban J connectivity index is 1.33. The minimum atomic E-state index is 0.357. The molecule has 154 valence electrons. The molecule has 0 bridgehead atoms. The number of benzene rings is 2. The molecule has 4 aliphatic rings. The highest BCUT2D eigenvalue weighted by Gasteiger charge is 2.47. The van der Waals surface area contributed by atoms with Crippen LogP contribution < -0.4 is 10.2 Å². The van der Waals surface area contributed by atoms with Crippen molar-refractivity contribution in [2.75, 3.05) is 31.1 Å². The maximum Gasteiger partial charge on any atom is 0.115 e. The maximum absolute atomic E-state index is 10.0. The number of nitrogens with one attached hydrogen (secondary N) is 1. The van der Waals surface area contributed by atoms with Crippen molar-refractivity contribution >= 4 is 5.69 Å². The molecule has 0 amide bonds. The number of allylic oxidation sites excluding steroid dienone is 4. The zero-order valence-corrected chi connectivity index (χ0v) is 17.5. The van der Waals surface area contributed by atoms with E-state index in [-0.39, 0.29) is 0 Å². The van der Waals surface area contributed by atoms with E-state index < -0.39 is 0 Å². The third kappa shape index (κ3) is 2.99. The highest BCUT2D eigenvalue weighted by Crippen LogP contribution is 2.46. The second kappa shape index (κ2) is 7.02. The van der Waals surface area contributed by atoms with Gasteiger partial charge in [-0.15, -0.1) is 0 Å². The van der Waals surface area contributed by atoms with Gasteiger partial charge in [0.2, 0.25) is 0 Å². The van der Waals surface area contributed by atoms with E-state index in [0.717, 1.165) is 25.7 Å². The third-order valence-corrected chi connectivity index (χ3v) is 7.71. The number of hydrogen-bond acceptors (Lipinski definition) is 3. The first-order chi connectivity index (χ1) is 14.7. The summed E-state index contributed by atoms with van der Waals surface area (Å²) in [7, 11) is 0. The van der Waals surface area contributed by atoms with E-state index >= 15 is 0 Å². The first-order valence-electron chi connectivity index (χ1n) is 11.4. The summed E-state index contributed by atoms with van der Waals surface area (Å²) < 4.78 is 0. The molecule has 2 aromatic carbocycles. The molecule has 3 nitrogen and oxygen atoms in total. The molecule has 2 aliphatic heterocycles. The summed E-state index contributed by atoms with van der Waals surface area (Å²) in [6.07, 6.45) is 11.6. The second-order valence-electron chi connectivity index (χ2n) is 9.74. The Bertz CT molecular complexity index is 1010. The molecule has 2 aromatic rings. The van der Waals surface area contributed by atoms with Gasteiger partial charge in [-0.1, -0.05) is 36.4 Å². The molecule has 2 heterocycles. The summed E-state index contributed by atoms with van der Waals surface area (Å²) in [6.45, 7) is 4.73. The summed E-state index contributed by atoms with van der Waals surface area (Å²) in [5, 5.41) is 13.4. The van der Waals surface area contributed by atoms with Gasteiger partial charge in [0.1, 0.15) is 5.75 Å². The number of aromatic hydroxyl groups is 1. The van der Waals surface area contributed by atoms with Crippen LogP contribution in [0, 0.1) is 11.3 Å². The Morgan fingerprint density at radius 3 is 2.53 bits per heavy atom. The number of phenolic OH excluding ortho intramolecular Hbond substituents is 1. The lowest BCUT2D eigenvalue weighted by Crippen LogP contribution is -2.71. The van der Waals surface area contributed by atoms with E-state index in [1.54, 1.807) is 0 Å². The Morgan fingerprint density at radius 1 is 1.00 bits per heavy atom. The lowest BCUT2D eigenvalue weighted by atomic mass is 9.68. The van der Waals surface area contributed by atoms with Crippen molar-refractivity contribution in [1.29, 1.82) is 0 Å². The number of aryl methyl sites for hydroxylation is 1. The Morgan fingerprint density at radius 2 is 1.83 bits per heavy atom. The molecule has 30 heavy (non-hydrogen) atoms. The van der Waals surface area contributed by atoms with Crippen molar-refractivity contribution in [2.24, 2.45) is 11.3 Å². The van der Waals surface area contributed by atoms with Gasteiger partial charge in [0.25, 0.3) is 0 Å². The first-order valence-corrected chi connectivity index (χ1v) is 11.4. The van der Waals surface area contributed by atoms with Gasteiger partial charge in [-0.2, -0.15) is 0 Å². The Labute approximate surface area is 179 Å². The average Bonchev–Trinajstić information content (AvgIpc) is 2.72. The zero-order chi connectivity index (χ0) is 20.1.